The van der Waals surface area contributed by atoms with Gasteiger partial charge in [-0.15, -0.1) is 0 Å². The van der Waals surface area contributed by atoms with Gasteiger partial charge in [-0.2, -0.15) is 0 Å². The van der Waals surface area contributed by atoms with Crippen LogP contribution in [0.2, 0.25) is 0 Å². The Morgan fingerprint density at radius 3 is 2.71 bits per heavy atom. The molecule has 0 aliphatic carbocycles. The van der Waals surface area contributed by atoms with Gasteiger partial charge in [-0.05, 0) is 30.0 Å². The van der Waals surface area contributed by atoms with Crippen LogP contribution in [0, 0.1) is 11.8 Å². The van der Waals surface area contributed by atoms with Crippen molar-refractivity contribution in [2.45, 2.75) is 27.3 Å². The summed E-state index contributed by atoms with van der Waals surface area (Å²) in [6, 6.07) is 6.06. The second kappa shape index (κ2) is 4.69. The molecule has 0 saturated heterocycles. The molecule has 0 fully saturated rings. The first-order valence-corrected chi connectivity index (χ1v) is 6.69. The van der Waals surface area contributed by atoms with E-state index in [2.05, 4.69) is 52.3 Å². The van der Waals surface area contributed by atoms with Crippen molar-refractivity contribution in [3.63, 3.8) is 0 Å². The highest BCUT2D eigenvalue weighted by atomic mass is 79.9. The zero-order valence-electron chi connectivity index (χ0n) is 10.4. The van der Waals surface area contributed by atoms with Gasteiger partial charge >= 0.3 is 0 Å². The number of nitrogens with two attached hydrogens (primary N) is 1. The van der Waals surface area contributed by atoms with Crippen LogP contribution in [0.15, 0.2) is 22.7 Å². The molecule has 0 amide bonds. The normalized spacial score (nSPS) is 13.5. The predicted octanol–water partition coefficient (Wildman–Crippen LogP) is 3.67. The average Bonchev–Trinajstić information content (AvgIpc) is 2.55. The molecule has 1 atom stereocenters. The first kappa shape index (κ1) is 12.4. The number of nitrogen functional groups attached to an aromatic ring is 1. The van der Waals surface area contributed by atoms with Crippen molar-refractivity contribution in [3.05, 3.63) is 22.7 Å². The van der Waals surface area contributed by atoms with Gasteiger partial charge in [0.2, 0.25) is 5.95 Å². The van der Waals surface area contributed by atoms with E-state index in [0.717, 1.165) is 22.1 Å². The van der Waals surface area contributed by atoms with Crippen LogP contribution in [0.1, 0.15) is 20.8 Å². The van der Waals surface area contributed by atoms with Gasteiger partial charge in [-0.3, -0.25) is 0 Å². The number of anilines is 1. The number of hydrogen-bond donors (Lipinski definition) is 1. The molecule has 17 heavy (non-hydrogen) atoms. The molecule has 0 saturated carbocycles. The number of fused-ring (bicyclic) bond motifs is 1. The standard InChI is InChI=1S/C13H18BrN3/c1-8(2)9(3)7-17-12-6-10(14)4-5-11(12)16-13(17)15/h4-6,8-9H,7H2,1-3H3,(H2,15,16). The van der Waals surface area contributed by atoms with Crippen LogP contribution in [-0.4, -0.2) is 9.55 Å². The summed E-state index contributed by atoms with van der Waals surface area (Å²) in [6.45, 7) is 7.62. The topological polar surface area (TPSA) is 43.8 Å². The van der Waals surface area contributed by atoms with Crippen molar-refractivity contribution in [2.75, 3.05) is 5.73 Å². The smallest absolute Gasteiger partial charge is 0.201 e. The Bertz CT molecular complexity index is 531. The van der Waals surface area contributed by atoms with Crippen molar-refractivity contribution >= 4 is 32.9 Å². The summed E-state index contributed by atoms with van der Waals surface area (Å²) >= 11 is 3.49. The van der Waals surface area contributed by atoms with Crippen LogP contribution in [0.5, 0.6) is 0 Å². The van der Waals surface area contributed by atoms with E-state index in [9.17, 15) is 0 Å². The zero-order valence-corrected chi connectivity index (χ0v) is 12.0. The van der Waals surface area contributed by atoms with Crippen LogP contribution >= 0.6 is 15.9 Å². The predicted molar refractivity (Wildman–Crippen MR) is 75.8 cm³/mol. The molecule has 2 N–H and O–H groups in total. The number of imidazole rings is 1. The van der Waals surface area contributed by atoms with Crippen molar-refractivity contribution in [3.8, 4) is 0 Å². The van der Waals surface area contributed by atoms with Gasteiger partial charge in [0, 0.05) is 11.0 Å². The molecule has 2 aromatic rings. The molecule has 0 aliphatic rings. The largest absolute Gasteiger partial charge is 0.369 e. The Labute approximate surface area is 110 Å². The SMILES string of the molecule is CC(C)C(C)Cn1c(N)nc2ccc(Br)cc21. The molecule has 1 aromatic carbocycles. The molecule has 2 rings (SSSR count). The maximum absolute atomic E-state index is 5.99. The third-order valence-corrected chi connectivity index (χ3v) is 3.84. The van der Waals surface area contributed by atoms with Gasteiger partial charge in [0.1, 0.15) is 0 Å². The number of aromatic nitrogens is 2. The fourth-order valence-electron chi connectivity index (χ4n) is 1.81. The highest BCUT2D eigenvalue weighted by molar-refractivity contribution is 9.10. The minimum Gasteiger partial charge on any atom is -0.369 e. The van der Waals surface area contributed by atoms with Gasteiger partial charge < -0.3 is 10.3 Å². The van der Waals surface area contributed by atoms with Crippen LogP contribution in [-0.2, 0) is 6.54 Å². The van der Waals surface area contributed by atoms with E-state index in [1.165, 1.54) is 0 Å². The number of halogens is 1. The first-order chi connectivity index (χ1) is 7.99. The fraction of sp³-hybridized carbons (Fsp3) is 0.462. The zero-order chi connectivity index (χ0) is 12.6. The average molecular weight is 296 g/mol. The molecule has 0 radical (unpaired) electrons. The summed E-state index contributed by atoms with van der Waals surface area (Å²) < 4.78 is 3.16. The molecular weight excluding hydrogens is 278 g/mol. The minimum atomic E-state index is 0.577. The van der Waals surface area contributed by atoms with E-state index in [4.69, 9.17) is 5.73 Å². The van der Waals surface area contributed by atoms with E-state index in [-0.39, 0.29) is 0 Å². The Balaban J connectivity index is 2.45. The molecule has 0 spiro atoms. The summed E-state index contributed by atoms with van der Waals surface area (Å²) in [7, 11) is 0. The van der Waals surface area contributed by atoms with Gasteiger partial charge in [0.25, 0.3) is 0 Å². The van der Waals surface area contributed by atoms with Crippen molar-refractivity contribution in [1.82, 2.24) is 9.55 Å². The number of nitrogens with zero attached hydrogens (tertiary/aromatic N) is 2. The van der Waals surface area contributed by atoms with Crippen molar-refractivity contribution in [2.24, 2.45) is 11.8 Å². The Hall–Kier alpha value is -1.03. The second-order valence-corrected chi connectivity index (χ2v) is 5.85. The maximum Gasteiger partial charge on any atom is 0.201 e. The second-order valence-electron chi connectivity index (χ2n) is 4.93. The van der Waals surface area contributed by atoms with Gasteiger partial charge in [0.05, 0.1) is 11.0 Å². The van der Waals surface area contributed by atoms with Crippen molar-refractivity contribution < 1.29 is 0 Å². The number of hydrogen-bond acceptors (Lipinski definition) is 2. The van der Waals surface area contributed by atoms with Gasteiger partial charge in [-0.25, -0.2) is 4.98 Å². The lowest BCUT2D eigenvalue weighted by molar-refractivity contribution is 0.371. The summed E-state index contributed by atoms with van der Waals surface area (Å²) in [5, 5.41) is 0. The monoisotopic (exact) mass is 295 g/mol. The molecule has 0 bridgehead atoms. The Morgan fingerprint density at radius 1 is 1.35 bits per heavy atom. The fourth-order valence-corrected chi connectivity index (χ4v) is 2.15. The minimum absolute atomic E-state index is 0.577. The molecule has 3 nitrogen and oxygen atoms in total. The summed E-state index contributed by atoms with van der Waals surface area (Å²) in [5.74, 6) is 1.82. The lowest BCUT2D eigenvalue weighted by atomic mass is 9.98. The molecule has 1 heterocycles. The quantitative estimate of drug-likeness (QED) is 0.939. The summed E-state index contributed by atoms with van der Waals surface area (Å²) in [5.41, 5.74) is 8.05. The number of benzene rings is 1. The summed E-state index contributed by atoms with van der Waals surface area (Å²) in [4.78, 5) is 4.39. The Kier molecular flexibility index (Phi) is 3.43. The van der Waals surface area contributed by atoms with E-state index in [0.29, 0.717) is 17.8 Å². The third kappa shape index (κ3) is 2.46. The van der Waals surface area contributed by atoms with E-state index < -0.39 is 0 Å². The molecule has 1 aromatic heterocycles. The van der Waals surface area contributed by atoms with Crippen LogP contribution in [0.25, 0.3) is 11.0 Å². The van der Waals surface area contributed by atoms with E-state index in [1.54, 1.807) is 0 Å². The molecule has 4 heteroatoms. The van der Waals surface area contributed by atoms with Gasteiger partial charge in [-0.1, -0.05) is 36.7 Å². The Morgan fingerprint density at radius 2 is 2.06 bits per heavy atom. The molecular formula is C13H18BrN3. The maximum atomic E-state index is 5.99. The molecule has 0 aliphatic heterocycles. The lowest BCUT2D eigenvalue weighted by Gasteiger charge is -2.17. The van der Waals surface area contributed by atoms with Crippen LogP contribution < -0.4 is 5.73 Å². The van der Waals surface area contributed by atoms with E-state index >= 15 is 0 Å². The highest BCUT2D eigenvalue weighted by Crippen LogP contribution is 2.24. The molecule has 92 valence electrons. The molecule has 1 unspecified atom stereocenters. The van der Waals surface area contributed by atoms with E-state index in [1.807, 2.05) is 12.1 Å². The lowest BCUT2D eigenvalue weighted by Crippen LogP contribution is -2.14. The third-order valence-electron chi connectivity index (χ3n) is 3.35. The first-order valence-electron chi connectivity index (χ1n) is 5.90. The van der Waals surface area contributed by atoms with Crippen LogP contribution in [0.3, 0.4) is 0 Å². The number of rotatable bonds is 3. The van der Waals surface area contributed by atoms with Crippen molar-refractivity contribution in [1.29, 1.82) is 0 Å². The van der Waals surface area contributed by atoms with Gasteiger partial charge in [0.15, 0.2) is 0 Å². The summed E-state index contributed by atoms with van der Waals surface area (Å²) in [6.07, 6.45) is 0. The highest BCUT2D eigenvalue weighted by Gasteiger charge is 2.13. The van der Waals surface area contributed by atoms with Crippen LogP contribution in [0.4, 0.5) is 5.95 Å².